The molecule has 8 nitrogen and oxygen atoms in total. The fourth-order valence-electron chi connectivity index (χ4n) is 5.24. The summed E-state index contributed by atoms with van der Waals surface area (Å²) in [5, 5.41) is 5.01. The molecule has 8 heteroatoms. The summed E-state index contributed by atoms with van der Waals surface area (Å²) >= 11 is 0. The summed E-state index contributed by atoms with van der Waals surface area (Å²) in [6.45, 7) is 6.76. The number of anilines is 1. The number of aromatic nitrogens is 3. The van der Waals surface area contributed by atoms with E-state index < -0.39 is 0 Å². The van der Waals surface area contributed by atoms with E-state index in [9.17, 15) is 4.79 Å². The van der Waals surface area contributed by atoms with Gasteiger partial charge >= 0.3 is 0 Å². The second kappa shape index (κ2) is 12.0. The van der Waals surface area contributed by atoms with Crippen molar-refractivity contribution in [2.24, 2.45) is 5.92 Å². The molecule has 1 atom stereocenters. The topological polar surface area (TPSA) is 92.4 Å². The lowest BCUT2D eigenvalue weighted by atomic mass is 9.97. The summed E-state index contributed by atoms with van der Waals surface area (Å²) in [5.74, 6) is 1.25. The molecule has 36 heavy (non-hydrogen) atoms. The molecule has 0 saturated carbocycles. The van der Waals surface area contributed by atoms with E-state index in [4.69, 9.17) is 9.47 Å². The molecule has 2 fully saturated rings. The molecule has 192 valence electrons. The van der Waals surface area contributed by atoms with Gasteiger partial charge in [-0.15, -0.1) is 0 Å². The van der Waals surface area contributed by atoms with Crippen LogP contribution in [0.4, 0.5) is 5.95 Å². The fraction of sp³-hybridized carbons (Fsp3) is 0.536. The minimum atomic E-state index is -0.267. The summed E-state index contributed by atoms with van der Waals surface area (Å²) in [7, 11) is 0. The van der Waals surface area contributed by atoms with E-state index in [2.05, 4.69) is 56.4 Å². The largest absolute Gasteiger partial charge is 0.358 e. The number of carbonyl (C=O) groups excluding carboxylic acids is 1. The van der Waals surface area contributed by atoms with E-state index in [0.29, 0.717) is 24.0 Å². The monoisotopic (exact) mass is 491 g/mol. The maximum Gasteiger partial charge on any atom is 0.225 e. The number of aryl methyl sites for hydroxylation is 1. The van der Waals surface area contributed by atoms with Gasteiger partial charge in [0.05, 0.1) is 5.56 Å². The number of benzene rings is 1. The van der Waals surface area contributed by atoms with E-state index in [1.807, 2.05) is 0 Å². The Balaban J connectivity index is 1.02. The Kier molecular flexibility index (Phi) is 8.25. The Morgan fingerprint density at radius 3 is 2.75 bits per heavy atom. The molecule has 2 aliphatic heterocycles. The van der Waals surface area contributed by atoms with Crippen molar-refractivity contribution in [2.75, 3.05) is 44.3 Å². The lowest BCUT2D eigenvalue weighted by Crippen LogP contribution is -2.38. The van der Waals surface area contributed by atoms with Crippen LogP contribution in [0, 0.1) is 12.8 Å². The Morgan fingerprint density at radius 2 is 1.97 bits per heavy atom. The molecule has 0 amide bonds. The molecule has 4 heterocycles. The van der Waals surface area contributed by atoms with Crippen LogP contribution in [0.15, 0.2) is 36.7 Å². The van der Waals surface area contributed by atoms with Crippen molar-refractivity contribution in [3.63, 3.8) is 0 Å². The predicted molar refractivity (Wildman–Crippen MR) is 140 cm³/mol. The molecule has 1 unspecified atom stereocenters. The smallest absolute Gasteiger partial charge is 0.225 e. The second-order valence-corrected chi connectivity index (χ2v) is 9.96. The van der Waals surface area contributed by atoms with Crippen LogP contribution in [0.3, 0.4) is 0 Å². The summed E-state index contributed by atoms with van der Waals surface area (Å²) < 4.78 is 11.1. The number of ether oxygens (including phenoxy) is 2. The standard InChI is InChI=1S/C28H37N5O3/c1-20-23(24-6-2-3-7-25(24)32-20)9-12-29-16-21-10-13-33(14-11-21)28-30-17-22(18-31-28)26(34)19-36-27-8-4-5-15-35-27/h2-3,6-7,17-18,21,27,29,32H,4-5,8-16,19H2,1H3. The number of ketones is 1. The number of nitrogens with zero attached hydrogens (tertiary/aromatic N) is 3. The zero-order valence-corrected chi connectivity index (χ0v) is 21.2. The highest BCUT2D eigenvalue weighted by atomic mass is 16.7. The van der Waals surface area contributed by atoms with Crippen LogP contribution >= 0.6 is 0 Å². The number of carbonyl (C=O) groups is 1. The van der Waals surface area contributed by atoms with Crippen LogP contribution < -0.4 is 10.2 Å². The lowest BCUT2D eigenvalue weighted by molar-refractivity contribution is -0.155. The normalized spacial score (nSPS) is 19.1. The van der Waals surface area contributed by atoms with Gasteiger partial charge in [0.25, 0.3) is 0 Å². The third-order valence-electron chi connectivity index (χ3n) is 7.41. The van der Waals surface area contributed by atoms with E-state index in [1.165, 1.54) is 22.2 Å². The summed E-state index contributed by atoms with van der Waals surface area (Å²) in [6, 6.07) is 8.53. The van der Waals surface area contributed by atoms with Crippen LogP contribution in [-0.2, 0) is 15.9 Å². The summed E-state index contributed by atoms with van der Waals surface area (Å²) in [6.07, 6.45) is 9.21. The predicted octanol–water partition coefficient (Wildman–Crippen LogP) is 4.04. The van der Waals surface area contributed by atoms with E-state index in [1.54, 1.807) is 12.4 Å². The second-order valence-electron chi connectivity index (χ2n) is 9.96. The molecule has 3 aromatic rings. The molecule has 2 N–H and O–H groups in total. The van der Waals surface area contributed by atoms with Gasteiger partial charge in [0.1, 0.15) is 6.61 Å². The van der Waals surface area contributed by atoms with Crippen LogP contribution in [0.2, 0.25) is 0 Å². The molecule has 0 spiro atoms. The van der Waals surface area contributed by atoms with Gasteiger partial charge in [0, 0.05) is 48.7 Å². The first-order valence-electron chi connectivity index (χ1n) is 13.3. The van der Waals surface area contributed by atoms with Crippen molar-refractivity contribution < 1.29 is 14.3 Å². The number of hydrogen-bond acceptors (Lipinski definition) is 7. The molecule has 1 aromatic carbocycles. The zero-order valence-electron chi connectivity index (χ0n) is 21.2. The number of H-pyrrole nitrogens is 1. The maximum atomic E-state index is 12.4. The molecule has 5 rings (SSSR count). The first kappa shape index (κ1) is 24.9. The number of rotatable bonds is 10. The number of aromatic amines is 1. The summed E-state index contributed by atoms with van der Waals surface area (Å²) in [4.78, 5) is 27.1. The van der Waals surface area contributed by atoms with Crippen molar-refractivity contribution in [3.8, 4) is 0 Å². The average Bonchev–Trinajstić information content (AvgIpc) is 3.25. The van der Waals surface area contributed by atoms with Crippen molar-refractivity contribution >= 4 is 22.6 Å². The molecular weight excluding hydrogens is 454 g/mol. The number of para-hydroxylation sites is 1. The zero-order chi connectivity index (χ0) is 24.7. The van der Waals surface area contributed by atoms with E-state index in [-0.39, 0.29) is 18.7 Å². The van der Waals surface area contributed by atoms with Gasteiger partial charge in [0.15, 0.2) is 12.1 Å². The van der Waals surface area contributed by atoms with E-state index in [0.717, 1.165) is 64.7 Å². The maximum absolute atomic E-state index is 12.4. The van der Waals surface area contributed by atoms with Crippen LogP contribution in [-0.4, -0.2) is 66.4 Å². The Bertz CT molecular complexity index is 1130. The highest BCUT2D eigenvalue weighted by Crippen LogP contribution is 2.23. The molecule has 0 aliphatic carbocycles. The van der Waals surface area contributed by atoms with Gasteiger partial charge in [0.2, 0.25) is 5.95 Å². The van der Waals surface area contributed by atoms with Crippen molar-refractivity contribution in [2.45, 2.75) is 51.7 Å². The quantitative estimate of drug-likeness (QED) is 0.327. The Labute approximate surface area is 212 Å². The van der Waals surface area contributed by atoms with Crippen LogP contribution in [0.1, 0.15) is 53.7 Å². The molecule has 0 radical (unpaired) electrons. The van der Waals surface area contributed by atoms with Crippen LogP contribution in [0.25, 0.3) is 10.9 Å². The number of nitrogens with one attached hydrogen (secondary N) is 2. The minimum absolute atomic E-state index is 0.00560. The Hall–Kier alpha value is -2.81. The molecular formula is C28H37N5O3. The van der Waals surface area contributed by atoms with Gasteiger partial charge in [-0.3, -0.25) is 4.79 Å². The third-order valence-corrected chi connectivity index (χ3v) is 7.41. The number of hydrogen-bond donors (Lipinski definition) is 2. The number of fused-ring (bicyclic) bond motifs is 1. The lowest BCUT2D eigenvalue weighted by Gasteiger charge is -2.32. The van der Waals surface area contributed by atoms with Gasteiger partial charge in [-0.25, -0.2) is 9.97 Å². The highest BCUT2D eigenvalue weighted by Gasteiger charge is 2.22. The van der Waals surface area contributed by atoms with Crippen molar-refractivity contribution in [1.82, 2.24) is 20.3 Å². The van der Waals surface area contributed by atoms with E-state index >= 15 is 0 Å². The molecule has 2 aromatic heterocycles. The average molecular weight is 492 g/mol. The Morgan fingerprint density at radius 1 is 1.17 bits per heavy atom. The SMILES string of the molecule is Cc1[nH]c2ccccc2c1CCNCC1CCN(c2ncc(C(=O)COC3CCCCO3)cn2)CC1. The highest BCUT2D eigenvalue weighted by molar-refractivity contribution is 5.96. The number of piperidine rings is 1. The summed E-state index contributed by atoms with van der Waals surface area (Å²) in [5.41, 5.74) is 4.39. The first-order chi connectivity index (χ1) is 17.7. The van der Waals surface area contributed by atoms with Gasteiger partial charge in [-0.1, -0.05) is 18.2 Å². The molecule has 0 bridgehead atoms. The molecule has 2 saturated heterocycles. The van der Waals surface area contributed by atoms with Crippen molar-refractivity contribution in [3.05, 3.63) is 53.5 Å². The minimum Gasteiger partial charge on any atom is -0.358 e. The number of Topliss-reactive ketones (excluding diaryl/α,β-unsaturated/α-hetero) is 1. The van der Waals surface area contributed by atoms with Gasteiger partial charge in [-0.2, -0.15) is 0 Å². The first-order valence-corrected chi connectivity index (χ1v) is 13.3. The third kappa shape index (κ3) is 6.11. The van der Waals surface area contributed by atoms with Gasteiger partial charge < -0.3 is 24.7 Å². The van der Waals surface area contributed by atoms with Crippen molar-refractivity contribution in [1.29, 1.82) is 0 Å². The molecule has 2 aliphatic rings. The van der Waals surface area contributed by atoms with Gasteiger partial charge in [-0.05, 0) is 76.1 Å². The van der Waals surface area contributed by atoms with Crippen LogP contribution in [0.5, 0.6) is 0 Å². The fourth-order valence-corrected chi connectivity index (χ4v) is 5.24.